The third-order valence-corrected chi connectivity index (χ3v) is 4.87. The van der Waals surface area contributed by atoms with Crippen molar-refractivity contribution >= 4 is 11.8 Å². The molecule has 1 saturated carbocycles. The van der Waals surface area contributed by atoms with Crippen molar-refractivity contribution in [1.29, 1.82) is 0 Å². The molecule has 17 heavy (non-hydrogen) atoms. The highest BCUT2D eigenvalue weighted by molar-refractivity contribution is 7.99. The van der Waals surface area contributed by atoms with E-state index in [-0.39, 0.29) is 0 Å². The normalized spacial score (nSPS) is 16.6. The van der Waals surface area contributed by atoms with Crippen molar-refractivity contribution in [3.05, 3.63) is 29.3 Å². The Bertz CT molecular complexity index is 356. The van der Waals surface area contributed by atoms with Crippen LogP contribution in [0.4, 0.5) is 0 Å². The summed E-state index contributed by atoms with van der Waals surface area (Å²) in [4.78, 5) is 1.44. The van der Waals surface area contributed by atoms with E-state index in [0.717, 1.165) is 12.5 Å². The quantitative estimate of drug-likeness (QED) is 0.792. The van der Waals surface area contributed by atoms with Crippen LogP contribution in [0.5, 0.6) is 0 Å². The van der Waals surface area contributed by atoms with Gasteiger partial charge in [-0.05, 0) is 56.0 Å². The summed E-state index contributed by atoms with van der Waals surface area (Å²) >= 11 is 2.04. The second-order valence-electron chi connectivity index (χ2n) is 5.08. The molecule has 0 aliphatic heterocycles. The van der Waals surface area contributed by atoms with E-state index < -0.39 is 0 Å². The molecule has 0 unspecified atom stereocenters. The van der Waals surface area contributed by atoms with Crippen LogP contribution in [0.3, 0.4) is 0 Å². The van der Waals surface area contributed by atoms with Gasteiger partial charge in [-0.25, -0.2) is 0 Å². The Morgan fingerprint density at radius 1 is 1.29 bits per heavy atom. The summed E-state index contributed by atoms with van der Waals surface area (Å²) in [7, 11) is 2.00. The minimum absolute atomic E-state index is 0.970. The van der Waals surface area contributed by atoms with E-state index >= 15 is 0 Å². The summed E-state index contributed by atoms with van der Waals surface area (Å²) < 4.78 is 0. The topological polar surface area (TPSA) is 12.0 Å². The number of rotatable bonds is 5. The lowest BCUT2D eigenvalue weighted by atomic mass is 10.1. The number of aryl methyl sites for hydroxylation is 1. The highest BCUT2D eigenvalue weighted by Crippen LogP contribution is 2.31. The first-order valence-corrected chi connectivity index (χ1v) is 7.65. The van der Waals surface area contributed by atoms with Crippen LogP contribution in [0, 0.1) is 12.8 Å². The van der Waals surface area contributed by atoms with Gasteiger partial charge in [-0.1, -0.05) is 18.9 Å². The minimum Gasteiger partial charge on any atom is -0.316 e. The van der Waals surface area contributed by atoms with Gasteiger partial charge in [0.2, 0.25) is 0 Å². The third kappa shape index (κ3) is 3.75. The molecule has 94 valence electrons. The molecular formula is C15H23NS. The number of nitrogens with one attached hydrogen (secondary N) is 1. The largest absolute Gasteiger partial charge is 0.316 e. The summed E-state index contributed by atoms with van der Waals surface area (Å²) in [5.74, 6) is 2.28. The van der Waals surface area contributed by atoms with Gasteiger partial charge in [0.05, 0.1) is 0 Å². The summed E-state index contributed by atoms with van der Waals surface area (Å²) in [5, 5.41) is 3.21. The molecule has 0 heterocycles. The zero-order chi connectivity index (χ0) is 12.1. The SMILES string of the molecule is CNCc1ccc(SCC2CCCC2)cc1C. The highest BCUT2D eigenvalue weighted by Gasteiger charge is 2.14. The smallest absolute Gasteiger partial charge is 0.0205 e. The van der Waals surface area contributed by atoms with Crippen molar-refractivity contribution in [2.45, 2.75) is 44.0 Å². The lowest BCUT2D eigenvalue weighted by Gasteiger charge is -2.10. The van der Waals surface area contributed by atoms with E-state index in [1.165, 1.54) is 47.5 Å². The van der Waals surface area contributed by atoms with Crippen LogP contribution in [0.1, 0.15) is 36.8 Å². The Labute approximate surface area is 109 Å². The molecule has 0 bridgehead atoms. The Morgan fingerprint density at radius 3 is 2.71 bits per heavy atom. The zero-order valence-corrected chi connectivity index (χ0v) is 11.8. The maximum absolute atomic E-state index is 3.21. The van der Waals surface area contributed by atoms with Gasteiger partial charge in [0.1, 0.15) is 0 Å². The Morgan fingerprint density at radius 2 is 2.06 bits per heavy atom. The van der Waals surface area contributed by atoms with Crippen molar-refractivity contribution in [1.82, 2.24) is 5.32 Å². The van der Waals surface area contributed by atoms with Crippen LogP contribution < -0.4 is 5.32 Å². The van der Waals surface area contributed by atoms with Gasteiger partial charge in [-0.15, -0.1) is 11.8 Å². The number of hydrogen-bond acceptors (Lipinski definition) is 2. The first-order chi connectivity index (χ1) is 8.29. The van der Waals surface area contributed by atoms with Crippen LogP contribution in [0.2, 0.25) is 0 Å². The fraction of sp³-hybridized carbons (Fsp3) is 0.600. The fourth-order valence-corrected chi connectivity index (χ4v) is 3.72. The van der Waals surface area contributed by atoms with Gasteiger partial charge in [0, 0.05) is 17.2 Å². The zero-order valence-electron chi connectivity index (χ0n) is 11.0. The summed E-state index contributed by atoms with van der Waals surface area (Å²) in [5.41, 5.74) is 2.83. The Hall–Kier alpha value is -0.470. The highest BCUT2D eigenvalue weighted by atomic mass is 32.2. The van der Waals surface area contributed by atoms with Gasteiger partial charge >= 0.3 is 0 Å². The maximum atomic E-state index is 3.21. The van der Waals surface area contributed by atoms with Crippen molar-refractivity contribution in [2.75, 3.05) is 12.8 Å². The van der Waals surface area contributed by atoms with Gasteiger partial charge in [0.25, 0.3) is 0 Å². The predicted molar refractivity (Wildman–Crippen MR) is 76.6 cm³/mol. The molecule has 0 radical (unpaired) electrons. The molecule has 0 amide bonds. The van der Waals surface area contributed by atoms with E-state index in [1.54, 1.807) is 0 Å². The number of thioether (sulfide) groups is 1. The Kier molecular flexibility index (Phi) is 4.93. The summed E-state index contributed by atoms with van der Waals surface area (Å²) in [6.45, 7) is 3.19. The number of benzene rings is 1. The average molecular weight is 249 g/mol. The first-order valence-electron chi connectivity index (χ1n) is 6.66. The maximum Gasteiger partial charge on any atom is 0.0205 e. The summed E-state index contributed by atoms with van der Waals surface area (Å²) in [6.07, 6.45) is 5.80. The molecule has 1 aliphatic rings. The fourth-order valence-electron chi connectivity index (χ4n) is 2.54. The lowest BCUT2D eigenvalue weighted by Crippen LogP contribution is -2.06. The Balaban J connectivity index is 1.90. The van der Waals surface area contributed by atoms with Crippen LogP contribution >= 0.6 is 11.8 Å². The average Bonchev–Trinajstić information content (AvgIpc) is 2.83. The molecule has 0 spiro atoms. The van der Waals surface area contributed by atoms with E-state index in [0.29, 0.717) is 0 Å². The standard InChI is InChI=1S/C15H23NS/c1-12-9-15(8-7-14(12)10-16-2)17-11-13-5-3-4-6-13/h7-9,13,16H,3-6,10-11H2,1-2H3. The molecule has 1 aliphatic carbocycles. The third-order valence-electron chi connectivity index (χ3n) is 3.64. The van der Waals surface area contributed by atoms with E-state index in [1.807, 2.05) is 18.8 Å². The van der Waals surface area contributed by atoms with E-state index in [2.05, 4.69) is 30.4 Å². The van der Waals surface area contributed by atoms with Gasteiger partial charge in [0.15, 0.2) is 0 Å². The van der Waals surface area contributed by atoms with Crippen molar-refractivity contribution in [3.63, 3.8) is 0 Å². The first kappa shape index (κ1) is 13.0. The van der Waals surface area contributed by atoms with Gasteiger partial charge in [-0.3, -0.25) is 0 Å². The van der Waals surface area contributed by atoms with Crippen LogP contribution in [-0.2, 0) is 6.54 Å². The molecule has 0 saturated heterocycles. The second-order valence-corrected chi connectivity index (χ2v) is 6.17. The lowest BCUT2D eigenvalue weighted by molar-refractivity contribution is 0.623. The van der Waals surface area contributed by atoms with Crippen molar-refractivity contribution in [2.24, 2.45) is 5.92 Å². The molecule has 0 atom stereocenters. The van der Waals surface area contributed by atoms with Crippen LogP contribution in [0.15, 0.2) is 23.1 Å². The minimum atomic E-state index is 0.970. The van der Waals surface area contributed by atoms with E-state index in [4.69, 9.17) is 0 Å². The molecule has 1 nitrogen and oxygen atoms in total. The van der Waals surface area contributed by atoms with Crippen LogP contribution in [-0.4, -0.2) is 12.8 Å². The second kappa shape index (κ2) is 6.46. The monoisotopic (exact) mass is 249 g/mol. The molecule has 1 aromatic carbocycles. The molecule has 1 aromatic rings. The van der Waals surface area contributed by atoms with E-state index in [9.17, 15) is 0 Å². The predicted octanol–water partition coefficient (Wildman–Crippen LogP) is 4.00. The molecular weight excluding hydrogens is 226 g/mol. The molecule has 2 rings (SSSR count). The van der Waals surface area contributed by atoms with Gasteiger partial charge < -0.3 is 5.32 Å². The molecule has 2 heteroatoms. The van der Waals surface area contributed by atoms with Gasteiger partial charge in [-0.2, -0.15) is 0 Å². The van der Waals surface area contributed by atoms with Crippen molar-refractivity contribution in [3.8, 4) is 0 Å². The van der Waals surface area contributed by atoms with Crippen molar-refractivity contribution < 1.29 is 0 Å². The molecule has 1 N–H and O–H groups in total. The number of hydrogen-bond donors (Lipinski definition) is 1. The molecule has 1 fully saturated rings. The molecule has 0 aromatic heterocycles. The summed E-state index contributed by atoms with van der Waals surface area (Å²) in [6, 6.07) is 6.88. The van der Waals surface area contributed by atoms with Crippen LogP contribution in [0.25, 0.3) is 0 Å².